The van der Waals surface area contributed by atoms with E-state index in [4.69, 9.17) is 9.47 Å². The number of ether oxygens (including phenoxy) is 2. The lowest BCUT2D eigenvalue weighted by Crippen LogP contribution is -2.28. The maximum absolute atomic E-state index is 11.9. The van der Waals surface area contributed by atoms with Crippen molar-refractivity contribution in [1.29, 1.82) is 0 Å². The summed E-state index contributed by atoms with van der Waals surface area (Å²) in [4.78, 5) is 27.7. The lowest BCUT2D eigenvalue weighted by molar-refractivity contribution is -0.153. The molecule has 0 spiro atoms. The van der Waals surface area contributed by atoms with Gasteiger partial charge in [0.25, 0.3) is 0 Å². The largest absolute Gasteiger partial charge is 0.458 e. The Balaban J connectivity index is 1.98. The predicted octanol–water partition coefficient (Wildman–Crippen LogP) is 5.62. The van der Waals surface area contributed by atoms with Crippen LogP contribution < -0.4 is 0 Å². The number of esters is 2. The summed E-state index contributed by atoms with van der Waals surface area (Å²) in [6, 6.07) is 3.22. The zero-order valence-electron chi connectivity index (χ0n) is 19.2. The maximum atomic E-state index is 11.9. The van der Waals surface area contributed by atoms with Crippen LogP contribution in [0.3, 0.4) is 0 Å². The molecule has 0 amide bonds. The van der Waals surface area contributed by atoms with Gasteiger partial charge in [-0.05, 0) is 18.6 Å². The van der Waals surface area contributed by atoms with E-state index in [1.54, 1.807) is 18.3 Å². The number of hydrogen-bond acceptors (Lipinski definition) is 6. The van der Waals surface area contributed by atoms with Gasteiger partial charge in [-0.2, -0.15) is 0 Å². The molecule has 0 saturated heterocycles. The van der Waals surface area contributed by atoms with Crippen LogP contribution in [0.15, 0.2) is 24.5 Å². The minimum atomic E-state index is -0.838. The number of aliphatic hydroxyl groups excluding tert-OH is 1. The zero-order chi connectivity index (χ0) is 22.6. The Hall–Kier alpha value is -1.95. The molecule has 1 N–H and O–H groups in total. The van der Waals surface area contributed by atoms with Crippen molar-refractivity contribution in [3.8, 4) is 0 Å². The van der Waals surface area contributed by atoms with Crippen LogP contribution in [0.25, 0.3) is 0 Å². The third-order valence-corrected chi connectivity index (χ3v) is 5.28. The number of carbonyl (C=O) groups excluding carboxylic acids is 2. The van der Waals surface area contributed by atoms with E-state index in [9.17, 15) is 14.7 Å². The molecule has 1 aromatic rings. The fraction of sp³-hybridized carbons (Fsp3) is 0.720. The summed E-state index contributed by atoms with van der Waals surface area (Å²) < 4.78 is 10.3. The Bertz CT molecular complexity index is 579. The van der Waals surface area contributed by atoms with E-state index < -0.39 is 12.1 Å². The highest BCUT2D eigenvalue weighted by atomic mass is 16.6. The number of pyridine rings is 1. The average Bonchev–Trinajstić information content (AvgIpc) is 2.80. The van der Waals surface area contributed by atoms with E-state index in [1.807, 2.05) is 0 Å². The molecule has 6 heteroatoms. The molecular formula is C25H41NO5. The van der Waals surface area contributed by atoms with E-state index in [1.165, 1.54) is 70.4 Å². The standard InChI is InChI=1S/C25H41NO5/c1-2-3-4-5-6-7-8-9-10-11-12-13-14-17-24(28)31-23(20-27)21-30-25(29)22-16-15-18-26-19-22/h15-16,18-19,23,27H,2-14,17,20-21H2,1H3. The second-order valence-corrected chi connectivity index (χ2v) is 8.13. The number of carbonyl (C=O) groups is 2. The van der Waals surface area contributed by atoms with Gasteiger partial charge in [0.2, 0.25) is 0 Å². The Morgan fingerprint density at radius 2 is 1.52 bits per heavy atom. The maximum Gasteiger partial charge on any atom is 0.339 e. The van der Waals surface area contributed by atoms with Crippen molar-refractivity contribution in [3.05, 3.63) is 30.1 Å². The molecule has 1 rings (SSSR count). The van der Waals surface area contributed by atoms with Gasteiger partial charge in [-0.25, -0.2) is 4.79 Å². The fourth-order valence-electron chi connectivity index (χ4n) is 3.39. The van der Waals surface area contributed by atoms with E-state index in [2.05, 4.69) is 11.9 Å². The highest BCUT2D eigenvalue weighted by Gasteiger charge is 2.16. The Morgan fingerprint density at radius 1 is 0.935 bits per heavy atom. The van der Waals surface area contributed by atoms with Crippen LogP contribution in [0.4, 0.5) is 0 Å². The van der Waals surface area contributed by atoms with Crippen molar-refractivity contribution in [1.82, 2.24) is 4.98 Å². The van der Waals surface area contributed by atoms with Gasteiger partial charge in [-0.3, -0.25) is 9.78 Å². The Labute approximate surface area is 187 Å². The van der Waals surface area contributed by atoms with Gasteiger partial charge < -0.3 is 14.6 Å². The van der Waals surface area contributed by atoms with Crippen LogP contribution in [0.1, 0.15) is 107 Å². The summed E-state index contributed by atoms with van der Waals surface area (Å²) in [7, 11) is 0. The summed E-state index contributed by atoms with van der Waals surface area (Å²) in [5.74, 6) is -0.918. The highest BCUT2D eigenvalue weighted by Crippen LogP contribution is 2.13. The lowest BCUT2D eigenvalue weighted by Gasteiger charge is -2.15. The molecule has 0 aliphatic rings. The minimum absolute atomic E-state index is 0.172. The summed E-state index contributed by atoms with van der Waals surface area (Å²) in [6.45, 7) is 1.69. The first kappa shape index (κ1) is 27.1. The zero-order valence-corrected chi connectivity index (χ0v) is 19.2. The molecule has 1 heterocycles. The fourth-order valence-corrected chi connectivity index (χ4v) is 3.39. The first-order valence-corrected chi connectivity index (χ1v) is 12.0. The molecule has 1 aromatic heterocycles. The topological polar surface area (TPSA) is 85.7 Å². The normalized spacial score (nSPS) is 11.8. The van der Waals surface area contributed by atoms with Crippen molar-refractivity contribution >= 4 is 11.9 Å². The Kier molecular flexibility index (Phi) is 16.4. The van der Waals surface area contributed by atoms with Crippen molar-refractivity contribution in [2.24, 2.45) is 0 Å². The molecule has 0 aliphatic heterocycles. The molecule has 1 atom stereocenters. The van der Waals surface area contributed by atoms with Gasteiger partial charge in [0.15, 0.2) is 6.10 Å². The number of aromatic nitrogens is 1. The second-order valence-electron chi connectivity index (χ2n) is 8.13. The summed E-state index contributed by atoms with van der Waals surface area (Å²) >= 11 is 0. The smallest absolute Gasteiger partial charge is 0.339 e. The van der Waals surface area contributed by atoms with Crippen molar-refractivity contribution in [2.45, 2.75) is 103 Å². The first-order chi connectivity index (χ1) is 15.2. The molecule has 0 aliphatic carbocycles. The number of hydrogen-bond donors (Lipinski definition) is 1. The number of rotatable bonds is 19. The van der Waals surface area contributed by atoms with Gasteiger partial charge >= 0.3 is 11.9 Å². The van der Waals surface area contributed by atoms with Gasteiger partial charge in [-0.15, -0.1) is 0 Å². The molecule has 0 aromatic carbocycles. The van der Waals surface area contributed by atoms with Crippen molar-refractivity contribution in [2.75, 3.05) is 13.2 Å². The minimum Gasteiger partial charge on any atom is -0.458 e. The van der Waals surface area contributed by atoms with Crippen LogP contribution in [-0.2, 0) is 14.3 Å². The SMILES string of the molecule is CCCCCCCCCCCCCCCC(=O)OC(CO)COC(=O)c1cccnc1. The Morgan fingerprint density at radius 3 is 2.03 bits per heavy atom. The summed E-state index contributed by atoms with van der Waals surface area (Å²) in [5.41, 5.74) is 0.317. The van der Waals surface area contributed by atoms with Gasteiger partial charge in [0.05, 0.1) is 12.2 Å². The number of unbranched alkanes of at least 4 members (excludes halogenated alkanes) is 12. The third-order valence-electron chi connectivity index (χ3n) is 5.28. The molecule has 31 heavy (non-hydrogen) atoms. The predicted molar refractivity (Wildman–Crippen MR) is 122 cm³/mol. The van der Waals surface area contributed by atoms with E-state index in [-0.39, 0.29) is 19.2 Å². The summed E-state index contributed by atoms with van der Waals surface area (Å²) in [5, 5.41) is 9.36. The lowest BCUT2D eigenvalue weighted by atomic mass is 10.0. The monoisotopic (exact) mass is 435 g/mol. The highest BCUT2D eigenvalue weighted by molar-refractivity contribution is 5.88. The quantitative estimate of drug-likeness (QED) is 0.224. The molecular weight excluding hydrogens is 394 g/mol. The molecule has 0 saturated carbocycles. The number of aliphatic hydroxyl groups is 1. The van der Waals surface area contributed by atoms with Gasteiger partial charge in [-0.1, -0.05) is 84.0 Å². The van der Waals surface area contributed by atoms with Crippen LogP contribution >= 0.6 is 0 Å². The van der Waals surface area contributed by atoms with E-state index in [0.717, 1.165) is 19.3 Å². The third kappa shape index (κ3) is 14.6. The number of nitrogens with zero attached hydrogens (tertiary/aromatic N) is 1. The molecule has 0 fully saturated rings. The molecule has 6 nitrogen and oxygen atoms in total. The van der Waals surface area contributed by atoms with Gasteiger partial charge in [0.1, 0.15) is 6.61 Å². The van der Waals surface area contributed by atoms with Crippen LogP contribution in [0.2, 0.25) is 0 Å². The van der Waals surface area contributed by atoms with E-state index >= 15 is 0 Å². The van der Waals surface area contributed by atoms with Crippen molar-refractivity contribution in [3.63, 3.8) is 0 Å². The average molecular weight is 436 g/mol. The molecule has 0 bridgehead atoms. The molecule has 176 valence electrons. The second kappa shape index (κ2) is 18.8. The van der Waals surface area contributed by atoms with Crippen LogP contribution in [0, 0.1) is 0 Å². The van der Waals surface area contributed by atoms with Gasteiger partial charge in [0, 0.05) is 18.8 Å². The first-order valence-electron chi connectivity index (χ1n) is 12.0. The molecule has 0 radical (unpaired) electrons. The molecule has 1 unspecified atom stereocenters. The van der Waals surface area contributed by atoms with Crippen molar-refractivity contribution < 1.29 is 24.2 Å². The summed E-state index contributed by atoms with van der Waals surface area (Å²) in [6.07, 6.45) is 18.7. The van der Waals surface area contributed by atoms with Crippen LogP contribution in [0.5, 0.6) is 0 Å². The van der Waals surface area contributed by atoms with E-state index in [0.29, 0.717) is 12.0 Å². The van der Waals surface area contributed by atoms with Crippen LogP contribution in [-0.4, -0.2) is 41.3 Å².